The van der Waals surface area contributed by atoms with Gasteiger partial charge in [-0.3, -0.25) is 0 Å². The number of hydrogen-bond acceptors (Lipinski definition) is 5. The Hall–Kier alpha value is -3.52. The van der Waals surface area contributed by atoms with Crippen LogP contribution >= 0.6 is 0 Å². The number of nitrogens with zero attached hydrogens (tertiary/aromatic N) is 3. The summed E-state index contributed by atoms with van der Waals surface area (Å²) < 4.78 is 5.19. The van der Waals surface area contributed by atoms with E-state index in [1.807, 2.05) is 73.6 Å². The highest BCUT2D eigenvalue weighted by atomic mass is 16.5. The molecule has 0 spiro atoms. The predicted molar refractivity (Wildman–Crippen MR) is 105 cm³/mol. The standard InChI is InChI=1S/C21H20N4O/c1-25(2)18-9-7-17(8-10-18)23-21-16(14-22)6-13-20(24-21)15-4-11-19(26-3)12-5-15/h4-13H,1-3H3,(H,23,24). The summed E-state index contributed by atoms with van der Waals surface area (Å²) in [7, 11) is 5.63. The molecule has 0 fully saturated rings. The molecule has 0 radical (unpaired) electrons. The van der Waals surface area contributed by atoms with Crippen molar-refractivity contribution >= 4 is 17.2 Å². The van der Waals surface area contributed by atoms with E-state index < -0.39 is 0 Å². The minimum atomic E-state index is 0.499. The molecular weight excluding hydrogens is 324 g/mol. The number of anilines is 3. The number of benzene rings is 2. The van der Waals surface area contributed by atoms with E-state index >= 15 is 0 Å². The first-order valence-corrected chi connectivity index (χ1v) is 8.20. The Morgan fingerprint density at radius 3 is 2.23 bits per heavy atom. The van der Waals surface area contributed by atoms with Crippen molar-refractivity contribution in [3.63, 3.8) is 0 Å². The molecule has 0 saturated carbocycles. The smallest absolute Gasteiger partial charge is 0.149 e. The molecular formula is C21H20N4O. The average molecular weight is 344 g/mol. The predicted octanol–water partition coefficient (Wildman–Crippen LogP) is 4.44. The molecule has 0 saturated heterocycles. The Bertz CT molecular complexity index is 926. The highest BCUT2D eigenvalue weighted by molar-refractivity contribution is 5.69. The van der Waals surface area contributed by atoms with E-state index in [1.165, 1.54) is 0 Å². The van der Waals surface area contributed by atoms with E-state index in [1.54, 1.807) is 13.2 Å². The summed E-state index contributed by atoms with van der Waals surface area (Å²) in [4.78, 5) is 6.67. The van der Waals surface area contributed by atoms with Crippen LogP contribution in [0, 0.1) is 11.3 Å². The van der Waals surface area contributed by atoms with Crippen LogP contribution in [0.3, 0.4) is 0 Å². The van der Waals surface area contributed by atoms with E-state index in [4.69, 9.17) is 4.74 Å². The first-order valence-electron chi connectivity index (χ1n) is 8.20. The third-order valence-corrected chi connectivity index (χ3v) is 4.05. The Morgan fingerprint density at radius 1 is 0.962 bits per heavy atom. The zero-order chi connectivity index (χ0) is 18.5. The minimum Gasteiger partial charge on any atom is -0.497 e. The molecule has 0 aliphatic rings. The van der Waals surface area contributed by atoms with Crippen LogP contribution in [0.25, 0.3) is 11.3 Å². The first-order chi connectivity index (χ1) is 12.6. The van der Waals surface area contributed by atoms with Crippen molar-refractivity contribution < 1.29 is 4.74 Å². The van der Waals surface area contributed by atoms with Crippen molar-refractivity contribution in [2.45, 2.75) is 0 Å². The number of methoxy groups -OCH3 is 1. The fourth-order valence-electron chi connectivity index (χ4n) is 2.55. The molecule has 2 aromatic carbocycles. The molecule has 5 heteroatoms. The lowest BCUT2D eigenvalue weighted by Crippen LogP contribution is -2.08. The number of nitriles is 1. The van der Waals surface area contributed by atoms with E-state index in [0.717, 1.165) is 28.4 Å². The van der Waals surface area contributed by atoms with Crippen LogP contribution in [0.15, 0.2) is 60.7 Å². The molecule has 3 aromatic rings. The van der Waals surface area contributed by atoms with Crippen molar-refractivity contribution in [2.75, 3.05) is 31.4 Å². The lowest BCUT2D eigenvalue weighted by molar-refractivity contribution is 0.415. The van der Waals surface area contributed by atoms with Gasteiger partial charge in [0.15, 0.2) is 0 Å². The topological polar surface area (TPSA) is 61.2 Å². The van der Waals surface area contributed by atoms with E-state index in [0.29, 0.717) is 11.4 Å². The fraction of sp³-hybridized carbons (Fsp3) is 0.143. The van der Waals surface area contributed by atoms with Crippen LogP contribution in [-0.2, 0) is 0 Å². The molecule has 0 aliphatic carbocycles. The summed E-state index contributed by atoms with van der Waals surface area (Å²) in [5, 5.41) is 12.6. The summed E-state index contributed by atoms with van der Waals surface area (Å²) in [5.41, 5.74) is 4.24. The highest BCUT2D eigenvalue weighted by Crippen LogP contribution is 2.26. The van der Waals surface area contributed by atoms with Crippen molar-refractivity contribution in [3.8, 4) is 23.1 Å². The van der Waals surface area contributed by atoms with Crippen molar-refractivity contribution in [1.82, 2.24) is 4.98 Å². The maximum absolute atomic E-state index is 9.39. The number of nitrogens with one attached hydrogen (secondary N) is 1. The Labute approximate surface area is 153 Å². The van der Waals surface area contributed by atoms with Crippen LogP contribution in [0.1, 0.15) is 5.56 Å². The van der Waals surface area contributed by atoms with Crippen LogP contribution < -0.4 is 15.0 Å². The van der Waals surface area contributed by atoms with Crippen molar-refractivity contribution in [1.29, 1.82) is 5.26 Å². The largest absolute Gasteiger partial charge is 0.497 e. The lowest BCUT2D eigenvalue weighted by Gasteiger charge is -2.14. The van der Waals surface area contributed by atoms with E-state index in [-0.39, 0.29) is 0 Å². The van der Waals surface area contributed by atoms with Gasteiger partial charge in [0.2, 0.25) is 0 Å². The van der Waals surface area contributed by atoms with E-state index in [9.17, 15) is 5.26 Å². The van der Waals surface area contributed by atoms with Gasteiger partial charge in [-0.25, -0.2) is 4.98 Å². The van der Waals surface area contributed by atoms with Gasteiger partial charge >= 0.3 is 0 Å². The van der Waals surface area contributed by atoms with Gasteiger partial charge in [0.25, 0.3) is 0 Å². The molecule has 1 N–H and O–H groups in total. The molecule has 0 bridgehead atoms. The van der Waals surface area contributed by atoms with Crippen LogP contribution in [0.4, 0.5) is 17.2 Å². The SMILES string of the molecule is COc1ccc(-c2ccc(C#N)c(Nc3ccc(N(C)C)cc3)n2)cc1. The molecule has 26 heavy (non-hydrogen) atoms. The Balaban J connectivity index is 1.91. The summed E-state index contributed by atoms with van der Waals surface area (Å²) in [6.07, 6.45) is 0. The number of aromatic nitrogens is 1. The molecule has 130 valence electrons. The molecule has 1 heterocycles. The molecule has 0 aliphatic heterocycles. The second-order valence-corrected chi connectivity index (χ2v) is 6.00. The second-order valence-electron chi connectivity index (χ2n) is 6.00. The maximum Gasteiger partial charge on any atom is 0.149 e. The first kappa shape index (κ1) is 17.3. The van der Waals surface area contributed by atoms with Crippen LogP contribution in [-0.4, -0.2) is 26.2 Å². The molecule has 5 nitrogen and oxygen atoms in total. The van der Waals surface area contributed by atoms with Crippen LogP contribution in [0.2, 0.25) is 0 Å². The third kappa shape index (κ3) is 3.76. The van der Waals surface area contributed by atoms with Gasteiger partial charge in [-0.15, -0.1) is 0 Å². The molecule has 1 aromatic heterocycles. The zero-order valence-electron chi connectivity index (χ0n) is 15.0. The number of rotatable bonds is 5. The summed E-state index contributed by atoms with van der Waals surface area (Å²) in [6, 6.07) is 21.5. The van der Waals surface area contributed by atoms with Gasteiger partial charge in [0, 0.05) is 31.0 Å². The van der Waals surface area contributed by atoms with E-state index in [2.05, 4.69) is 16.4 Å². The molecule has 0 amide bonds. The fourth-order valence-corrected chi connectivity index (χ4v) is 2.55. The van der Waals surface area contributed by atoms with Gasteiger partial charge in [-0.1, -0.05) is 0 Å². The van der Waals surface area contributed by atoms with Crippen molar-refractivity contribution in [2.24, 2.45) is 0 Å². The monoisotopic (exact) mass is 344 g/mol. The van der Waals surface area contributed by atoms with Gasteiger partial charge in [0.05, 0.1) is 18.4 Å². The normalized spacial score (nSPS) is 10.1. The molecule has 3 rings (SSSR count). The maximum atomic E-state index is 9.39. The molecule has 0 unspecified atom stereocenters. The summed E-state index contributed by atoms with van der Waals surface area (Å²) in [5.74, 6) is 1.33. The zero-order valence-corrected chi connectivity index (χ0v) is 15.0. The quantitative estimate of drug-likeness (QED) is 0.741. The summed E-state index contributed by atoms with van der Waals surface area (Å²) in [6.45, 7) is 0. The van der Waals surface area contributed by atoms with Crippen LogP contribution in [0.5, 0.6) is 5.75 Å². The number of pyridine rings is 1. The highest BCUT2D eigenvalue weighted by Gasteiger charge is 2.08. The minimum absolute atomic E-state index is 0.499. The third-order valence-electron chi connectivity index (χ3n) is 4.05. The van der Waals surface area contributed by atoms with Gasteiger partial charge < -0.3 is 15.0 Å². The van der Waals surface area contributed by atoms with Gasteiger partial charge in [0.1, 0.15) is 17.6 Å². The van der Waals surface area contributed by atoms with Gasteiger partial charge in [-0.2, -0.15) is 5.26 Å². The van der Waals surface area contributed by atoms with Crippen molar-refractivity contribution in [3.05, 3.63) is 66.2 Å². The van der Waals surface area contributed by atoms with Gasteiger partial charge in [-0.05, 0) is 60.7 Å². The molecule has 0 atom stereocenters. The lowest BCUT2D eigenvalue weighted by atomic mass is 10.1. The Kier molecular flexibility index (Phi) is 5.04. The second kappa shape index (κ2) is 7.58. The number of ether oxygens (including phenoxy) is 1. The Morgan fingerprint density at radius 2 is 1.65 bits per heavy atom. The number of hydrogen-bond donors (Lipinski definition) is 1. The average Bonchev–Trinajstić information content (AvgIpc) is 2.68. The summed E-state index contributed by atoms with van der Waals surface area (Å²) >= 11 is 0.